The van der Waals surface area contributed by atoms with Crippen LogP contribution in [0.2, 0.25) is 0 Å². The van der Waals surface area contributed by atoms with Gasteiger partial charge in [-0.25, -0.2) is 4.79 Å². The van der Waals surface area contributed by atoms with E-state index in [-0.39, 0.29) is 5.69 Å². The predicted octanol–water partition coefficient (Wildman–Crippen LogP) is 2.74. The normalized spacial score (nSPS) is 11.7. The highest BCUT2D eigenvalue weighted by Gasteiger charge is 2.15. The maximum atomic E-state index is 11.5. The molecule has 0 N–H and O–H groups in total. The van der Waals surface area contributed by atoms with Gasteiger partial charge in [0.2, 0.25) is 0 Å². The number of amides is 1. The number of nitrogens with zero attached hydrogens (tertiary/aromatic N) is 2. The van der Waals surface area contributed by atoms with Crippen LogP contribution in [-0.2, 0) is 4.74 Å². The number of hydrogen-bond donors (Lipinski definition) is 0. The average Bonchev–Trinajstić information content (AvgIpc) is 2.37. The van der Waals surface area contributed by atoms with Crippen molar-refractivity contribution in [1.82, 2.24) is 4.90 Å². The van der Waals surface area contributed by atoms with Crippen LogP contribution in [0.5, 0.6) is 0 Å². The van der Waals surface area contributed by atoms with E-state index in [9.17, 15) is 14.9 Å². The number of carbonyl (C=O) groups excluding carboxylic acids is 1. The third-order valence-corrected chi connectivity index (χ3v) is 2.64. The molecule has 6 heteroatoms. The molecule has 0 saturated carbocycles. The van der Waals surface area contributed by atoms with Crippen molar-refractivity contribution in [3.63, 3.8) is 0 Å². The SMILES string of the molecule is CCN(C)C(=O)OC(C)c1ccc([N+](=O)[O-])cc1. The molecule has 0 saturated heterocycles. The highest BCUT2D eigenvalue weighted by Crippen LogP contribution is 2.20. The first kappa shape index (κ1) is 14.0. The van der Waals surface area contributed by atoms with Crippen molar-refractivity contribution in [3.8, 4) is 0 Å². The summed E-state index contributed by atoms with van der Waals surface area (Å²) in [5.41, 5.74) is 0.737. The molecule has 1 aromatic carbocycles. The number of rotatable bonds is 4. The second-order valence-corrected chi connectivity index (χ2v) is 3.89. The second-order valence-electron chi connectivity index (χ2n) is 3.89. The van der Waals surface area contributed by atoms with Crippen molar-refractivity contribution in [3.05, 3.63) is 39.9 Å². The molecule has 1 aromatic rings. The number of nitro groups is 1. The van der Waals surface area contributed by atoms with E-state index in [0.717, 1.165) is 5.56 Å². The van der Waals surface area contributed by atoms with Crippen LogP contribution in [0.1, 0.15) is 25.5 Å². The first-order valence-electron chi connectivity index (χ1n) is 5.61. The Morgan fingerprint density at radius 3 is 2.44 bits per heavy atom. The summed E-state index contributed by atoms with van der Waals surface area (Å²) >= 11 is 0. The van der Waals surface area contributed by atoms with Crippen molar-refractivity contribution in [2.45, 2.75) is 20.0 Å². The van der Waals surface area contributed by atoms with Gasteiger partial charge in [-0.15, -0.1) is 0 Å². The third kappa shape index (κ3) is 3.44. The number of hydrogen-bond acceptors (Lipinski definition) is 4. The zero-order chi connectivity index (χ0) is 13.7. The van der Waals surface area contributed by atoms with E-state index in [4.69, 9.17) is 4.74 Å². The first-order valence-corrected chi connectivity index (χ1v) is 5.61. The molecule has 0 aromatic heterocycles. The fourth-order valence-electron chi connectivity index (χ4n) is 1.31. The minimum absolute atomic E-state index is 0.0166. The molecule has 1 amide bonds. The monoisotopic (exact) mass is 252 g/mol. The Labute approximate surface area is 105 Å². The standard InChI is InChI=1S/C12H16N2O4/c1-4-13(3)12(15)18-9(2)10-5-7-11(8-6-10)14(16)17/h5-9H,4H2,1-3H3. The van der Waals surface area contributed by atoms with Gasteiger partial charge in [0.05, 0.1) is 4.92 Å². The Hall–Kier alpha value is -2.11. The van der Waals surface area contributed by atoms with Crippen LogP contribution >= 0.6 is 0 Å². The molecule has 0 aliphatic carbocycles. The lowest BCUT2D eigenvalue weighted by Crippen LogP contribution is -2.27. The van der Waals surface area contributed by atoms with Crippen molar-refractivity contribution < 1.29 is 14.5 Å². The molecule has 0 radical (unpaired) electrons. The van der Waals surface area contributed by atoms with E-state index >= 15 is 0 Å². The van der Waals surface area contributed by atoms with Gasteiger partial charge in [0.1, 0.15) is 6.10 Å². The molecule has 18 heavy (non-hydrogen) atoms. The molecule has 0 fully saturated rings. The molecule has 0 heterocycles. The topological polar surface area (TPSA) is 72.7 Å². The molecule has 98 valence electrons. The predicted molar refractivity (Wildman–Crippen MR) is 66.3 cm³/mol. The zero-order valence-corrected chi connectivity index (χ0v) is 10.6. The zero-order valence-electron chi connectivity index (χ0n) is 10.6. The van der Waals surface area contributed by atoms with E-state index in [2.05, 4.69) is 0 Å². The fraction of sp³-hybridized carbons (Fsp3) is 0.417. The van der Waals surface area contributed by atoms with Gasteiger partial charge in [0.25, 0.3) is 5.69 Å². The molecule has 0 bridgehead atoms. The molecule has 1 unspecified atom stereocenters. The minimum Gasteiger partial charge on any atom is -0.442 e. The summed E-state index contributed by atoms with van der Waals surface area (Å²) in [5.74, 6) is 0. The lowest BCUT2D eigenvalue weighted by atomic mass is 10.1. The van der Waals surface area contributed by atoms with Crippen molar-refractivity contribution in [1.29, 1.82) is 0 Å². The Morgan fingerprint density at radius 2 is 2.00 bits per heavy atom. The second kappa shape index (κ2) is 6.00. The van der Waals surface area contributed by atoms with Crippen molar-refractivity contribution in [2.75, 3.05) is 13.6 Å². The summed E-state index contributed by atoms with van der Waals surface area (Å²) < 4.78 is 5.21. The Morgan fingerprint density at radius 1 is 1.44 bits per heavy atom. The maximum Gasteiger partial charge on any atom is 0.410 e. The van der Waals surface area contributed by atoms with Gasteiger partial charge in [-0.1, -0.05) is 0 Å². The lowest BCUT2D eigenvalue weighted by molar-refractivity contribution is -0.384. The highest BCUT2D eigenvalue weighted by molar-refractivity contribution is 5.67. The molecule has 1 atom stereocenters. The van der Waals surface area contributed by atoms with Gasteiger partial charge in [0.15, 0.2) is 0 Å². The fourth-order valence-corrected chi connectivity index (χ4v) is 1.31. The largest absolute Gasteiger partial charge is 0.442 e. The van der Waals surface area contributed by atoms with E-state index in [1.165, 1.54) is 17.0 Å². The average molecular weight is 252 g/mol. The van der Waals surface area contributed by atoms with Gasteiger partial charge >= 0.3 is 6.09 Å². The Balaban J connectivity index is 2.70. The van der Waals surface area contributed by atoms with Gasteiger partial charge in [0, 0.05) is 25.7 Å². The van der Waals surface area contributed by atoms with Crippen LogP contribution < -0.4 is 0 Å². The van der Waals surface area contributed by atoms with Crippen LogP contribution in [0.4, 0.5) is 10.5 Å². The number of nitro benzene ring substituents is 1. The molecular formula is C12H16N2O4. The van der Waals surface area contributed by atoms with E-state index < -0.39 is 17.1 Å². The Kier molecular flexibility index (Phi) is 4.65. The summed E-state index contributed by atoms with van der Waals surface area (Å²) in [5, 5.41) is 10.5. The van der Waals surface area contributed by atoms with Crippen LogP contribution in [-0.4, -0.2) is 29.5 Å². The van der Waals surface area contributed by atoms with Gasteiger partial charge in [-0.2, -0.15) is 0 Å². The molecular weight excluding hydrogens is 236 g/mol. The summed E-state index contributed by atoms with van der Waals surface area (Å²) in [6.07, 6.45) is -0.851. The van der Waals surface area contributed by atoms with Crippen molar-refractivity contribution >= 4 is 11.8 Å². The summed E-state index contributed by atoms with van der Waals surface area (Å²) in [6.45, 7) is 4.13. The Bertz CT molecular complexity index is 430. The number of carbonyl (C=O) groups is 1. The number of ether oxygens (including phenoxy) is 1. The van der Waals surface area contributed by atoms with Crippen LogP contribution in [0.25, 0.3) is 0 Å². The molecule has 0 spiro atoms. The van der Waals surface area contributed by atoms with Gasteiger partial charge in [-0.05, 0) is 31.5 Å². The number of non-ortho nitro benzene ring substituents is 1. The number of benzene rings is 1. The first-order chi connectivity index (χ1) is 8.45. The summed E-state index contributed by atoms with van der Waals surface area (Å²) in [4.78, 5) is 23.0. The third-order valence-electron chi connectivity index (χ3n) is 2.64. The van der Waals surface area contributed by atoms with Crippen LogP contribution in [0, 0.1) is 10.1 Å². The molecule has 0 aliphatic rings. The van der Waals surface area contributed by atoms with E-state index in [1.54, 1.807) is 26.1 Å². The maximum absolute atomic E-state index is 11.5. The van der Waals surface area contributed by atoms with Crippen molar-refractivity contribution in [2.24, 2.45) is 0 Å². The van der Waals surface area contributed by atoms with E-state index in [0.29, 0.717) is 6.54 Å². The smallest absolute Gasteiger partial charge is 0.410 e. The van der Waals surface area contributed by atoms with Gasteiger partial charge < -0.3 is 9.64 Å². The van der Waals surface area contributed by atoms with E-state index in [1.807, 2.05) is 6.92 Å². The van der Waals surface area contributed by atoms with Crippen LogP contribution in [0.15, 0.2) is 24.3 Å². The molecule has 0 aliphatic heterocycles. The lowest BCUT2D eigenvalue weighted by Gasteiger charge is -2.19. The minimum atomic E-state index is -0.467. The summed E-state index contributed by atoms with van der Waals surface area (Å²) in [6, 6.07) is 5.95. The quantitative estimate of drug-likeness (QED) is 0.610. The van der Waals surface area contributed by atoms with Gasteiger partial charge in [-0.3, -0.25) is 10.1 Å². The molecule has 1 rings (SSSR count). The summed E-state index contributed by atoms with van der Waals surface area (Å²) in [7, 11) is 1.64. The highest BCUT2D eigenvalue weighted by atomic mass is 16.6. The molecule has 6 nitrogen and oxygen atoms in total. The van der Waals surface area contributed by atoms with Crippen LogP contribution in [0.3, 0.4) is 0 Å².